The molecule has 0 spiro atoms. The SMILES string of the molecule is CC.CC.CC1(C)c2ccc3ccccc3c2-c2c1c1cnn(-c3ccc(-c4ccc(-c5ccc6c(c5)C(C)(c5ccccc5)c5ccccc5-6)cc4)cc3)c1c1ccccc21. The molecule has 0 N–H and O–H groups in total. The zero-order valence-corrected chi connectivity index (χ0v) is 36.8. The van der Waals surface area contributed by atoms with Crippen LogP contribution in [0.2, 0.25) is 0 Å². The van der Waals surface area contributed by atoms with Crippen molar-refractivity contribution >= 4 is 32.4 Å². The molecule has 12 rings (SSSR count). The van der Waals surface area contributed by atoms with E-state index in [2.05, 4.69) is 214 Å². The van der Waals surface area contributed by atoms with Crippen molar-refractivity contribution in [3.05, 3.63) is 216 Å². The van der Waals surface area contributed by atoms with E-state index in [0.29, 0.717) is 0 Å². The van der Waals surface area contributed by atoms with Crippen LogP contribution in [-0.4, -0.2) is 9.78 Å². The highest BCUT2D eigenvalue weighted by Gasteiger charge is 2.42. The van der Waals surface area contributed by atoms with Crippen LogP contribution in [0, 0.1) is 0 Å². The summed E-state index contributed by atoms with van der Waals surface area (Å²) in [4.78, 5) is 0. The fourth-order valence-electron chi connectivity index (χ4n) is 10.7. The topological polar surface area (TPSA) is 17.8 Å². The van der Waals surface area contributed by atoms with E-state index in [4.69, 9.17) is 5.10 Å². The highest BCUT2D eigenvalue weighted by molar-refractivity contribution is 6.20. The standard InChI is InChI=1S/C56H40N2.2C2H6/c1-55(2)49-32-28-38-13-7-8-16-42(38)51(49)52-45-18-9-10-19-46(45)54-47(53(52)55)34-57-58(54)41-29-25-36(26-30-41)35-21-23-37(24-22-35)39-27-31-44-43-17-11-12-20-48(43)56(3,50(44)33-39)40-14-5-4-6-15-40;2*1-2/h4-34H,1-3H3;2*1-2H3. The third-order valence-corrected chi connectivity index (χ3v) is 13.5. The van der Waals surface area contributed by atoms with Crippen molar-refractivity contribution in [1.82, 2.24) is 9.78 Å². The number of aromatic nitrogens is 2. The lowest BCUT2D eigenvalue weighted by molar-refractivity contribution is 0.667. The zero-order chi connectivity index (χ0) is 42.8. The number of hydrogen-bond acceptors (Lipinski definition) is 1. The van der Waals surface area contributed by atoms with Crippen molar-refractivity contribution in [2.75, 3.05) is 0 Å². The Morgan fingerprint density at radius 3 is 1.71 bits per heavy atom. The number of hydrogen-bond donors (Lipinski definition) is 0. The maximum Gasteiger partial charge on any atom is 0.0822 e. The predicted octanol–water partition coefficient (Wildman–Crippen LogP) is 16.4. The number of rotatable bonds is 4. The van der Waals surface area contributed by atoms with Crippen LogP contribution in [0.15, 0.2) is 188 Å². The van der Waals surface area contributed by atoms with Crippen LogP contribution in [0.1, 0.15) is 76.3 Å². The summed E-state index contributed by atoms with van der Waals surface area (Å²) < 4.78 is 2.15. The summed E-state index contributed by atoms with van der Waals surface area (Å²) in [5, 5.41) is 11.4. The molecule has 1 aromatic heterocycles. The fraction of sp³-hybridized carbons (Fsp3) is 0.150. The normalized spacial score (nSPS) is 15.2. The Kier molecular flexibility index (Phi) is 9.56. The third kappa shape index (κ3) is 5.66. The van der Waals surface area contributed by atoms with Gasteiger partial charge in [-0.15, -0.1) is 0 Å². The minimum absolute atomic E-state index is 0.173. The molecule has 0 fully saturated rings. The molecule has 0 saturated carbocycles. The lowest BCUT2D eigenvalue weighted by Crippen LogP contribution is -2.22. The molecule has 0 radical (unpaired) electrons. The maximum atomic E-state index is 5.12. The van der Waals surface area contributed by atoms with Gasteiger partial charge in [0.2, 0.25) is 0 Å². The third-order valence-electron chi connectivity index (χ3n) is 13.5. The van der Waals surface area contributed by atoms with E-state index in [0.717, 1.165) is 11.2 Å². The first kappa shape index (κ1) is 39.1. The monoisotopic (exact) mass is 800 g/mol. The molecule has 0 bridgehead atoms. The van der Waals surface area contributed by atoms with Gasteiger partial charge in [-0.25, -0.2) is 4.68 Å². The van der Waals surface area contributed by atoms with E-state index in [1.54, 1.807) is 0 Å². The number of benzene rings is 9. The number of nitrogens with zero attached hydrogens (tertiary/aromatic N) is 2. The molecule has 1 heterocycles. The van der Waals surface area contributed by atoms with Crippen molar-refractivity contribution in [3.63, 3.8) is 0 Å². The Morgan fingerprint density at radius 1 is 0.419 bits per heavy atom. The minimum atomic E-state index is -0.215. The Morgan fingerprint density at radius 2 is 0.984 bits per heavy atom. The van der Waals surface area contributed by atoms with Crippen LogP contribution in [0.3, 0.4) is 0 Å². The molecule has 2 aliphatic carbocycles. The Labute approximate surface area is 366 Å². The average Bonchev–Trinajstić information content (AvgIpc) is 3.98. The molecule has 2 heteroatoms. The van der Waals surface area contributed by atoms with E-state index in [9.17, 15) is 0 Å². The smallest absolute Gasteiger partial charge is 0.0822 e. The van der Waals surface area contributed by atoms with E-state index in [-0.39, 0.29) is 10.8 Å². The van der Waals surface area contributed by atoms with Crippen molar-refractivity contribution in [2.45, 2.75) is 59.3 Å². The molecular weight excluding hydrogens is 749 g/mol. The molecule has 9 aromatic carbocycles. The van der Waals surface area contributed by atoms with Crippen LogP contribution >= 0.6 is 0 Å². The molecule has 0 saturated heterocycles. The summed E-state index contributed by atoms with van der Waals surface area (Å²) in [7, 11) is 0. The van der Waals surface area contributed by atoms with Crippen molar-refractivity contribution < 1.29 is 0 Å². The second-order valence-corrected chi connectivity index (χ2v) is 16.9. The van der Waals surface area contributed by atoms with Crippen LogP contribution in [0.4, 0.5) is 0 Å². The Balaban J connectivity index is 0.00000112. The van der Waals surface area contributed by atoms with Gasteiger partial charge in [-0.2, -0.15) is 5.10 Å². The summed E-state index contributed by atoms with van der Waals surface area (Å²) in [5.41, 5.74) is 18.8. The molecule has 2 aliphatic rings. The lowest BCUT2D eigenvalue weighted by atomic mass is 9.74. The molecule has 1 unspecified atom stereocenters. The summed E-state index contributed by atoms with van der Waals surface area (Å²) in [6.45, 7) is 15.1. The Bertz CT molecular complexity index is 3290. The first-order valence-electron chi connectivity index (χ1n) is 22.4. The zero-order valence-electron chi connectivity index (χ0n) is 36.8. The van der Waals surface area contributed by atoms with Gasteiger partial charge in [0.1, 0.15) is 0 Å². The number of fused-ring (bicyclic) bond motifs is 13. The first-order chi connectivity index (χ1) is 30.4. The van der Waals surface area contributed by atoms with Crippen molar-refractivity contribution in [2.24, 2.45) is 0 Å². The minimum Gasteiger partial charge on any atom is -0.232 e. The van der Waals surface area contributed by atoms with Crippen molar-refractivity contribution in [3.8, 4) is 50.2 Å². The maximum absolute atomic E-state index is 5.12. The summed E-state index contributed by atoms with van der Waals surface area (Å²) in [5.74, 6) is 0. The largest absolute Gasteiger partial charge is 0.232 e. The van der Waals surface area contributed by atoms with Gasteiger partial charge in [0.15, 0.2) is 0 Å². The summed E-state index contributed by atoms with van der Waals surface area (Å²) >= 11 is 0. The second kappa shape index (κ2) is 15.2. The van der Waals surface area contributed by atoms with Crippen LogP contribution in [0.5, 0.6) is 0 Å². The predicted molar refractivity (Wildman–Crippen MR) is 265 cm³/mol. The van der Waals surface area contributed by atoms with Crippen LogP contribution < -0.4 is 0 Å². The van der Waals surface area contributed by atoms with Gasteiger partial charge in [0.05, 0.1) is 17.4 Å². The van der Waals surface area contributed by atoms with Gasteiger partial charge in [-0.3, -0.25) is 0 Å². The van der Waals surface area contributed by atoms with Crippen LogP contribution in [-0.2, 0) is 10.8 Å². The van der Waals surface area contributed by atoms with Gasteiger partial charge in [0, 0.05) is 21.6 Å². The molecule has 0 amide bonds. The first-order valence-corrected chi connectivity index (χ1v) is 22.4. The molecular formula is C60H52N2. The van der Waals surface area contributed by atoms with Gasteiger partial charge < -0.3 is 0 Å². The molecule has 0 aliphatic heterocycles. The van der Waals surface area contributed by atoms with E-state index < -0.39 is 0 Å². The molecule has 302 valence electrons. The van der Waals surface area contributed by atoms with Crippen molar-refractivity contribution in [1.29, 1.82) is 0 Å². The van der Waals surface area contributed by atoms with Gasteiger partial charge in [-0.1, -0.05) is 205 Å². The van der Waals surface area contributed by atoms with E-state index >= 15 is 0 Å². The molecule has 1 atom stereocenters. The summed E-state index contributed by atoms with van der Waals surface area (Å²) in [6, 6.07) is 67.2. The van der Waals surface area contributed by atoms with Crippen LogP contribution in [0.25, 0.3) is 82.6 Å². The molecule has 10 aromatic rings. The average molecular weight is 801 g/mol. The highest BCUT2D eigenvalue weighted by atomic mass is 15.3. The summed E-state index contributed by atoms with van der Waals surface area (Å²) in [6.07, 6.45) is 2.10. The van der Waals surface area contributed by atoms with Gasteiger partial charge >= 0.3 is 0 Å². The molecule has 2 nitrogen and oxygen atoms in total. The van der Waals surface area contributed by atoms with E-state index in [1.807, 2.05) is 27.7 Å². The fourth-order valence-corrected chi connectivity index (χ4v) is 10.7. The second-order valence-electron chi connectivity index (χ2n) is 16.9. The quantitative estimate of drug-likeness (QED) is 0.173. The van der Waals surface area contributed by atoms with E-state index in [1.165, 1.54) is 99.3 Å². The Hall–Kier alpha value is -7.03. The van der Waals surface area contributed by atoms with Gasteiger partial charge in [-0.05, 0) is 114 Å². The highest BCUT2D eigenvalue weighted by Crippen LogP contribution is 2.57. The van der Waals surface area contributed by atoms with Gasteiger partial charge in [0.25, 0.3) is 0 Å². The lowest BCUT2D eigenvalue weighted by Gasteiger charge is -2.28. The molecule has 62 heavy (non-hydrogen) atoms.